The zero-order chi connectivity index (χ0) is 17.6. The zero-order valence-corrected chi connectivity index (χ0v) is 14.2. The Morgan fingerprint density at radius 2 is 2.16 bits per heavy atom. The second-order valence-corrected chi connectivity index (χ2v) is 6.50. The number of hydrogen-bond donors (Lipinski definition) is 1. The number of amides is 1. The largest absolute Gasteiger partial charge is 0.344 e. The number of pyridine rings is 1. The molecule has 5 nitrogen and oxygen atoms in total. The molecule has 0 saturated carbocycles. The standard InChI is InChI=1S/C19H19FN4O/c1-11-17-14(7-4-8-16(17)24(2)23-11)22-19(25)15-10-9-12-5-3-6-13(20)18(12)21-15/h3,5-6,9-10,14H,4,7-8H2,1-2H3,(H,22,25). The summed E-state index contributed by atoms with van der Waals surface area (Å²) in [6, 6.07) is 8.04. The summed E-state index contributed by atoms with van der Waals surface area (Å²) in [5, 5.41) is 8.21. The lowest BCUT2D eigenvalue weighted by molar-refractivity contribution is 0.0928. The van der Waals surface area contributed by atoms with Crippen LogP contribution in [0.15, 0.2) is 30.3 Å². The van der Waals surface area contributed by atoms with Crippen LogP contribution in [-0.2, 0) is 13.5 Å². The Morgan fingerprint density at radius 3 is 3.00 bits per heavy atom. The van der Waals surface area contributed by atoms with Gasteiger partial charge in [0.15, 0.2) is 0 Å². The fourth-order valence-electron chi connectivity index (χ4n) is 3.70. The summed E-state index contributed by atoms with van der Waals surface area (Å²) in [5.41, 5.74) is 3.67. The molecule has 0 fully saturated rings. The van der Waals surface area contributed by atoms with E-state index < -0.39 is 5.82 Å². The van der Waals surface area contributed by atoms with E-state index in [1.807, 2.05) is 18.7 Å². The van der Waals surface area contributed by atoms with Crippen molar-refractivity contribution in [2.24, 2.45) is 7.05 Å². The van der Waals surface area contributed by atoms with Crippen LogP contribution in [0.2, 0.25) is 0 Å². The number of nitrogens with one attached hydrogen (secondary N) is 1. The molecule has 2 aromatic heterocycles. The van der Waals surface area contributed by atoms with E-state index in [0.29, 0.717) is 5.39 Å². The van der Waals surface area contributed by atoms with Crippen molar-refractivity contribution in [3.63, 3.8) is 0 Å². The molecule has 1 aliphatic carbocycles. The smallest absolute Gasteiger partial charge is 0.270 e. The Kier molecular flexibility index (Phi) is 3.75. The fourth-order valence-corrected chi connectivity index (χ4v) is 3.70. The summed E-state index contributed by atoms with van der Waals surface area (Å²) in [6.07, 6.45) is 2.84. The van der Waals surface area contributed by atoms with Crippen molar-refractivity contribution >= 4 is 16.8 Å². The normalized spacial score (nSPS) is 16.7. The van der Waals surface area contributed by atoms with Crippen LogP contribution in [0.1, 0.15) is 46.3 Å². The Hall–Kier alpha value is -2.76. The highest BCUT2D eigenvalue weighted by atomic mass is 19.1. The minimum atomic E-state index is -0.421. The molecule has 2 heterocycles. The molecule has 1 aromatic carbocycles. The number of carbonyl (C=O) groups is 1. The summed E-state index contributed by atoms with van der Waals surface area (Å²) >= 11 is 0. The molecule has 1 amide bonds. The average Bonchev–Trinajstić information content (AvgIpc) is 2.90. The second-order valence-electron chi connectivity index (χ2n) is 6.50. The molecule has 4 rings (SSSR count). The number of halogens is 1. The van der Waals surface area contributed by atoms with E-state index in [0.717, 1.165) is 30.5 Å². The number of para-hydroxylation sites is 1. The van der Waals surface area contributed by atoms with Crippen LogP contribution in [-0.4, -0.2) is 20.7 Å². The van der Waals surface area contributed by atoms with Gasteiger partial charge < -0.3 is 5.32 Å². The molecule has 1 unspecified atom stereocenters. The van der Waals surface area contributed by atoms with Gasteiger partial charge in [-0.05, 0) is 38.3 Å². The highest BCUT2D eigenvalue weighted by molar-refractivity contribution is 5.95. The number of nitrogens with zero attached hydrogens (tertiary/aromatic N) is 3. The molecular formula is C19H19FN4O. The average molecular weight is 338 g/mol. The quantitative estimate of drug-likeness (QED) is 0.780. The monoisotopic (exact) mass is 338 g/mol. The molecule has 1 atom stereocenters. The summed E-state index contributed by atoms with van der Waals surface area (Å²) in [5.74, 6) is -0.707. The number of benzene rings is 1. The molecule has 3 aromatic rings. The predicted molar refractivity (Wildman–Crippen MR) is 92.8 cm³/mol. The van der Waals surface area contributed by atoms with Gasteiger partial charge in [-0.1, -0.05) is 18.2 Å². The first kappa shape index (κ1) is 15.7. The van der Waals surface area contributed by atoms with Gasteiger partial charge in [-0.15, -0.1) is 0 Å². The summed E-state index contributed by atoms with van der Waals surface area (Å²) in [4.78, 5) is 16.9. The van der Waals surface area contributed by atoms with Crippen molar-refractivity contribution in [2.45, 2.75) is 32.2 Å². The molecule has 1 N–H and O–H groups in total. The Bertz CT molecular complexity index is 979. The van der Waals surface area contributed by atoms with Gasteiger partial charge in [-0.2, -0.15) is 5.10 Å². The van der Waals surface area contributed by atoms with Crippen LogP contribution in [0, 0.1) is 12.7 Å². The van der Waals surface area contributed by atoms with E-state index in [2.05, 4.69) is 15.4 Å². The first-order chi connectivity index (χ1) is 12.0. The molecule has 128 valence electrons. The molecule has 1 aliphatic rings. The van der Waals surface area contributed by atoms with E-state index in [-0.39, 0.29) is 23.2 Å². The van der Waals surface area contributed by atoms with Crippen LogP contribution in [0.4, 0.5) is 4.39 Å². The van der Waals surface area contributed by atoms with Gasteiger partial charge in [0.1, 0.15) is 17.0 Å². The highest BCUT2D eigenvalue weighted by Gasteiger charge is 2.27. The maximum atomic E-state index is 13.9. The lowest BCUT2D eigenvalue weighted by Crippen LogP contribution is -2.31. The lowest BCUT2D eigenvalue weighted by Gasteiger charge is -2.24. The summed E-state index contributed by atoms with van der Waals surface area (Å²) < 4.78 is 15.8. The van der Waals surface area contributed by atoms with E-state index in [9.17, 15) is 9.18 Å². The van der Waals surface area contributed by atoms with Gasteiger partial charge in [0.2, 0.25) is 0 Å². The van der Waals surface area contributed by atoms with Gasteiger partial charge in [-0.3, -0.25) is 9.48 Å². The van der Waals surface area contributed by atoms with E-state index in [1.54, 1.807) is 24.3 Å². The highest BCUT2D eigenvalue weighted by Crippen LogP contribution is 2.32. The third-order valence-electron chi connectivity index (χ3n) is 4.86. The fraction of sp³-hybridized carbons (Fsp3) is 0.316. The van der Waals surface area contributed by atoms with Crippen molar-refractivity contribution in [2.75, 3.05) is 0 Å². The Balaban J connectivity index is 1.64. The molecule has 0 spiro atoms. The molecular weight excluding hydrogens is 319 g/mol. The van der Waals surface area contributed by atoms with Gasteiger partial charge >= 0.3 is 0 Å². The van der Waals surface area contributed by atoms with E-state index >= 15 is 0 Å². The van der Waals surface area contributed by atoms with E-state index in [1.165, 1.54) is 11.8 Å². The first-order valence-corrected chi connectivity index (χ1v) is 8.43. The topological polar surface area (TPSA) is 59.8 Å². The number of rotatable bonds is 2. The maximum Gasteiger partial charge on any atom is 0.270 e. The van der Waals surface area contributed by atoms with Crippen LogP contribution < -0.4 is 5.32 Å². The van der Waals surface area contributed by atoms with Crippen molar-refractivity contribution in [1.29, 1.82) is 0 Å². The lowest BCUT2D eigenvalue weighted by atomic mass is 9.91. The van der Waals surface area contributed by atoms with Crippen LogP contribution in [0.5, 0.6) is 0 Å². The minimum absolute atomic E-state index is 0.0805. The van der Waals surface area contributed by atoms with Crippen molar-refractivity contribution in [1.82, 2.24) is 20.1 Å². The first-order valence-electron chi connectivity index (χ1n) is 8.43. The van der Waals surface area contributed by atoms with Gasteiger partial charge in [-0.25, -0.2) is 9.37 Å². The number of aromatic nitrogens is 3. The predicted octanol–water partition coefficient (Wildman–Crippen LogP) is 3.22. The third kappa shape index (κ3) is 2.67. The van der Waals surface area contributed by atoms with Crippen molar-refractivity contribution < 1.29 is 9.18 Å². The van der Waals surface area contributed by atoms with Crippen LogP contribution in [0.3, 0.4) is 0 Å². The van der Waals surface area contributed by atoms with Crippen molar-refractivity contribution in [3.05, 3.63) is 58.8 Å². The molecule has 25 heavy (non-hydrogen) atoms. The van der Waals surface area contributed by atoms with Gasteiger partial charge in [0.05, 0.1) is 11.7 Å². The number of hydrogen-bond acceptors (Lipinski definition) is 3. The molecule has 6 heteroatoms. The second kappa shape index (κ2) is 5.95. The Morgan fingerprint density at radius 1 is 1.32 bits per heavy atom. The van der Waals surface area contributed by atoms with Gasteiger partial charge in [0, 0.05) is 23.7 Å². The number of carbonyl (C=O) groups excluding carboxylic acids is 1. The Labute approximate surface area is 144 Å². The van der Waals surface area contributed by atoms with E-state index in [4.69, 9.17) is 0 Å². The summed E-state index contributed by atoms with van der Waals surface area (Å²) in [6.45, 7) is 1.97. The molecule has 0 saturated heterocycles. The maximum absolute atomic E-state index is 13.9. The molecule has 0 aliphatic heterocycles. The van der Waals surface area contributed by atoms with Gasteiger partial charge in [0.25, 0.3) is 5.91 Å². The molecule has 0 bridgehead atoms. The van der Waals surface area contributed by atoms with Crippen LogP contribution in [0.25, 0.3) is 10.9 Å². The SMILES string of the molecule is Cc1nn(C)c2c1C(NC(=O)c1ccc3cccc(F)c3n1)CCC2. The zero-order valence-electron chi connectivity index (χ0n) is 14.2. The number of fused-ring (bicyclic) bond motifs is 2. The molecule has 0 radical (unpaired) electrons. The van der Waals surface area contributed by atoms with Crippen molar-refractivity contribution in [3.8, 4) is 0 Å². The third-order valence-corrected chi connectivity index (χ3v) is 4.86. The van der Waals surface area contributed by atoms with Crippen LogP contribution >= 0.6 is 0 Å². The summed E-state index contributed by atoms with van der Waals surface area (Å²) in [7, 11) is 1.93. The minimum Gasteiger partial charge on any atom is -0.344 e. The number of aryl methyl sites for hydroxylation is 2.